The average Bonchev–Trinajstić information content (AvgIpc) is 2.98. The van der Waals surface area contributed by atoms with Crippen LogP contribution in [0.2, 0.25) is 0 Å². The number of hydrogen-bond acceptors (Lipinski definition) is 3. The van der Waals surface area contributed by atoms with Gasteiger partial charge in [-0.25, -0.2) is 0 Å². The molecule has 3 nitrogen and oxygen atoms in total. The molecule has 22 heavy (non-hydrogen) atoms. The fourth-order valence-corrected chi connectivity index (χ4v) is 2.97. The highest BCUT2D eigenvalue weighted by Crippen LogP contribution is 2.34. The lowest BCUT2D eigenvalue weighted by Crippen LogP contribution is -1.98. The number of para-hydroxylation sites is 1. The summed E-state index contributed by atoms with van der Waals surface area (Å²) in [5.41, 5.74) is 10.5. The third-order valence-corrected chi connectivity index (χ3v) is 4.01. The number of nitrogen functional groups attached to an aromatic ring is 1. The Balaban J connectivity index is 0.00000144. The van der Waals surface area contributed by atoms with Crippen LogP contribution in [0.25, 0.3) is 10.9 Å². The molecule has 0 aliphatic heterocycles. The van der Waals surface area contributed by atoms with Gasteiger partial charge < -0.3 is 10.5 Å². The number of fused-ring (bicyclic) bond motifs is 2. The van der Waals surface area contributed by atoms with Gasteiger partial charge >= 0.3 is 0 Å². The standard InChI is InChI=1S/C18H16N2O.ClH/c19-18-14-7-4-8-16(14)20-17-10-9-13(11-15(17)18)21-12-5-2-1-3-6-12;/h1-3,5-6,9-11H,4,7-8H2,(H2,19,20);1H. The number of aromatic nitrogens is 1. The Labute approximate surface area is 135 Å². The first-order valence-electron chi connectivity index (χ1n) is 7.25. The lowest BCUT2D eigenvalue weighted by molar-refractivity contribution is 0.483. The molecule has 1 aliphatic rings. The SMILES string of the molecule is Cl.Nc1c2c(nc3ccc(Oc4ccccc4)cc13)CCC2. The van der Waals surface area contributed by atoms with E-state index in [9.17, 15) is 0 Å². The van der Waals surface area contributed by atoms with Crippen LogP contribution in [0.3, 0.4) is 0 Å². The van der Waals surface area contributed by atoms with Crippen LogP contribution in [0.5, 0.6) is 11.5 Å². The van der Waals surface area contributed by atoms with E-state index in [0.717, 1.165) is 53.0 Å². The molecule has 0 amide bonds. The first kappa shape index (κ1) is 14.7. The van der Waals surface area contributed by atoms with Crippen molar-refractivity contribution < 1.29 is 4.74 Å². The second-order valence-corrected chi connectivity index (χ2v) is 5.40. The number of aryl methyl sites for hydroxylation is 1. The molecule has 0 spiro atoms. The Morgan fingerprint density at radius 1 is 0.955 bits per heavy atom. The molecule has 0 unspecified atom stereocenters. The van der Waals surface area contributed by atoms with Crippen LogP contribution in [0.15, 0.2) is 48.5 Å². The summed E-state index contributed by atoms with van der Waals surface area (Å²) in [4.78, 5) is 4.73. The molecule has 1 aromatic heterocycles. The first-order chi connectivity index (χ1) is 10.3. The van der Waals surface area contributed by atoms with Gasteiger partial charge in [-0.1, -0.05) is 18.2 Å². The summed E-state index contributed by atoms with van der Waals surface area (Å²) in [6.45, 7) is 0. The maximum atomic E-state index is 6.34. The molecule has 0 radical (unpaired) electrons. The largest absolute Gasteiger partial charge is 0.457 e. The van der Waals surface area contributed by atoms with Gasteiger partial charge in [-0.05, 0) is 55.2 Å². The van der Waals surface area contributed by atoms with Gasteiger partial charge in [-0.3, -0.25) is 4.98 Å². The van der Waals surface area contributed by atoms with Crippen molar-refractivity contribution in [1.82, 2.24) is 4.98 Å². The van der Waals surface area contributed by atoms with Crippen LogP contribution in [0.4, 0.5) is 5.69 Å². The molecule has 4 heteroatoms. The number of anilines is 1. The minimum atomic E-state index is 0. The second kappa shape index (κ2) is 5.85. The van der Waals surface area contributed by atoms with E-state index in [4.69, 9.17) is 15.5 Å². The van der Waals surface area contributed by atoms with Crippen LogP contribution in [0.1, 0.15) is 17.7 Å². The molecule has 0 fully saturated rings. The maximum absolute atomic E-state index is 6.34. The Hall–Kier alpha value is -2.26. The first-order valence-corrected chi connectivity index (χ1v) is 7.25. The predicted octanol–water partition coefficient (Wildman–Crippen LogP) is 4.52. The van der Waals surface area contributed by atoms with Crippen molar-refractivity contribution in [1.29, 1.82) is 0 Å². The fraction of sp³-hybridized carbons (Fsp3) is 0.167. The summed E-state index contributed by atoms with van der Waals surface area (Å²) in [7, 11) is 0. The van der Waals surface area contributed by atoms with Gasteiger partial charge in [-0.2, -0.15) is 0 Å². The summed E-state index contributed by atoms with van der Waals surface area (Å²) in [6, 6.07) is 15.7. The Morgan fingerprint density at radius 2 is 1.77 bits per heavy atom. The molecule has 0 bridgehead atoms. The molecule has 2 aromatic carbocycles. The summed E-state index contributed by atoms with van der Waals surface area (Å²) in [5, 5.41) is 0.990. The molecule has 0 atom stereocenters. The quantitative estimate of drug-likeness (QED) is 0.757. The smallest absolute Gasteiger partial charge is 0.128 e. The number of ether oxygens (including phenoxy) is 1. The van der Waals surface area contributed by atoms with Gasteiger partial charge in [0.25, 0.3) is 0 Å². The molecular weight excluding hydrogens is 296 g/mol. The van der Waals surface area contributed by atoms with E-state index >= 15 is 0 Å². The summed E-state index contributed by atoms with van der Waals surface area (Å²) in [5.74, 6) is 1.62. The zero-order valence-corrected chi connectivity index (χ0v) is 12.9. The molecule has 1 aliphatic carbocycles. The average molecular weight is 313 g/mol. The minimum absolute atomic E-state index is 0. The van der Waals surface area contributed by atoms with Crippen LogP contribution >= 0.6 is 12.4 Å². The van der Waals surface area contributed by atoms with Crippen LogP contribution < -0.4 is 10.5 Å². The molecule has 4 rings (SSSR count). The van der Waals surface area contributed by atoms with Gasteiger partial charge in [-0.15, -0.1) is 12.4 Å². The molecule has 0 saturated carbocycles. The van der Waals surface area contributed by atoms with Crippen LogP contribution in [-0.4, -0.2) is 4.98 Å². The van der Waals surface area contributed by atoms with Gasteiger partial charge in [0.15, 0.2) is 0 Å². The van der Waals surface area contributed by atoms with E-state index < -0.39 is 0 Å². The van der Waals surface area contributed by atoms with Gasteiger partial charge in [0.1, 0.15) is 11.5 Å². The second-order valence-electron chi connectivity index (χ2n) is 5.40. The van der Waals surface area contributed by atoms with Crippen molar-refractivity contribution in [2.24, 2.45) is 0 Å². The summed E-state index contributed by atoms with van der Waals surface area (Å²) >= 11 is 0. The Kier molecular flexibility index (Phi) is 3.90. The zero-order chi connectivity index (χ0) is 14.2. The lowest BCUT2D eigenvalue weighted by Gasteiger charge is -2.10. The zero-order valence-electron chi connectivity index (χ0n) is 12.1. The molecule has 0 saturated heterocycles. The van der Waals surface area contributed by atoms with Crippen molar-refractivity contribution >= 4 is 29.0 Å². The summed E-state index contributed by atoms with van der Waals surface area (Å²) in [6.07, 6.45) is 3.22. The van der Waals surface area contributed by atoms with Crippen LogP contribution in [-0.2, 0) is 12.8 Å². The van der Waals surface area contributed by atoms with Gasteiger partial charge in [0.2, 0.25) is 0 Å². The van der Waals surface area contributed by atoms with Gasteiger partial charge in [0, 0.05) is 16.8 Å². The lowest BCUT2D eigenvalue weighted by atomic mass is 10.1. The number of hydrogen-bond donors (Lipinski definition) is 1. The Morgan fingerprint density at radius 3 is 2.59 bits per heavy atom. The van der Waals surface area contributed by atoms with Crippen LogP contribution in [0, 0.1) is 0 Å². The topological polar surface area (TPSA) is 48.1 Å². The van der Waals surface area contributed by atoms with Crippen molar-refractivity contribution in [2.75, 3.05) is 5.73 Å². The van der Waals surface area contributed by atoms with Crippen molar-refractivity contribution in [3.63, 3.8) is 0 Å². The number of rotatable bonds is 2. The predicted molar refractivity (Wildman–Crippen MR) is 91.9 cm³/mol. The molecule has 3 aromatic rings. The van der Waals surface area contributed by atoms with E-state index in [1.54, 1.807) is 0 Å². The molecule has 112 valence electrons. The highest BCUT2D eigenvalue weighted by Gasteiger charge is 2.18. The Bertz CT molecular complexity index is 818. The highest BCUT2D eigenvalue weighted by molar-refractivity contribution is 5.93. The third-order valence-electron chi connectivity index (χ3n) is 4.01. The van der Waals surface area contributed by atoms with Crippen molar-refractivity contribution in [3.05, 3.63) is 59.8 Å². The van der Waals surface area contributed by atoms with E-state index in [1.165, 1.54) is 5.56 Å². The van der Waals surface area contributed by atoms with Gasteiger partial charge in [0.05, 0.1) is 5.52 Å². The maximum Gasteiger partial charge on any atom is 0.128 e. The minimum Gasteiger partial charge on any atom is -0.457 e. The van der Waals surface area contributed by atoms with E-state index in [-0.39, 0.29) is 12.4 Å². The van der Waals surface area contributed by atoms with E-state index in [2.05, 4.69) is 0 Å². The normalized spacial score (nSPS) is 12.7. The molecular formula is C18H17ClN2O. The fourth-order valence-electron chi connectivity index (χ4n) is 2.97. The summed E-state index contributed by atoms with van der Waals surface area (Å²) < 4.78 is 5.88. The highest BCUT2D eigenvalue weighted by atomic mass is 35.5. The number of nitrogens with two attached hydrogens (primary N) is 1. The number of nitrogens with zero attached hydrogens (tertiary/aromatic N) is 1. The van der Waals surface area contributed by atoms with E-state index in [0.29, 0.717) is 0 Å². The van der Waals surface area contributed by atoms with Crippen molar-refractivity contribution in [3.8, 4) is 11.5 Å². The van der Waals surface area contributed by atoms with E-state index in [1.807, 2.05) is 48.5 Å². The number of pyridine rings is 1. The number of benzene rings is 2. The molecule has 2 N–H and O–H groups in total. The van der Waals surface area contributed by atoms with Crippen molar-refractivity contribution in [2.45, 2.75) is 19.3 Å². The number of halogens is 1. The monoisotopic (exact) mass is 312 g/mol. The molecule has 1 heterocycles. The third kappa shape index (κ3) is 2.48.